The molecule has 0 fully saturated rings. The van der Waals surface area contributed by atoms with Crippen molar-refractivity contribution >= 4 is 11.9 Å². The lowest BCUT2D eigenvalue weighted by atomic mass is 10.1. The summed E-state index contributed by atoms with van der Waals surface area (Å²) in [5.74, 6) is -1.49. The normalized spacial score (nSPS) is 12.2. The van der Waals surface area contributed by atoms with Crippen LogP contribution in [0.15, 0.2) is 54.6 Å². The van der Waals surface area contributed by atoms with Crippen molar-refractivity contribution in [1.82, 2.24) is 0 Å². The van der Waals surface area contributed by atoms with E-state index in [1.165, 1.54) is 6.08 Å². The van der Waals surface area contributed by atoms with Crippen LogP contribution in [-0.4, -0.2) is 31.3 Å². The number of alkyl halides is 6. The van der Waals surface area contributed by atoms with Crippen LogP contribution in [0.25, 0.3) is 6.08 Å². The van der Waals surface area contributed by atoms with Gasteiger partial charge in [0.1, 0.15) is 11.5 Å². The number of carbonyl (C=O) groups excluding carboxylic acids is 1. The first-order chi connectivity index (χ1) is 13.0. The van der Waals surface area contributed by atoms with E-state index in [-0.39, 0.29) is 11.3 Å². The molecule has 0 amide bonds. The number of ketones is 1. The van der Waals surface area contributed by atoms with Gasteiger partial charge in [-0.3, -0.25) is 4.79 Å². The number of hydrogen-bond donors (Lipinski definition) is 0. The molecular weight excluding hydrogens is 390 g/mol. The number of carbonyl (C=O) groups is 1. The average molecular weight is 404 g/mol. The molecule has 0 heterocycles. The van der Waals surface area contributed by atoms with E-state index < -0.39 is 37.1 Å². The van der Waals surface area contributed by atoms with Crippen molar-refractivity contribution in [3.8, 4) is 11.5 Å². The molecule has 0 aromatic heterocycles. The second kappa shape index (κ2) is 8.81. The first-order valence-electron chi connectivity index (χ1n) is 7.84. The van der Waals surface area contributed by atoms with Gasteiger partial charge in [-0.15, -0.1) is 0 Å². The fourth-order valence-electron chi connectivity index (χ4n) is 2.07. The van der Waals surface area contributed by atoms with Gasteiger partial charge in [0.15, 0.2) is 19.0 Å². The lowest BCUT2D eigenvalue weighted by molar-refractivity contribution is -0.154. The van der Waals surface area contributed by atoms with Gasteiger partial charge in [0, 0.05) is 0 Å². The first kappa shape index (κ1) is 21.3. The number of ether oxygens (including phenoxy) is 2. The van der Waals surface area contributed by atoms with Crippen LogP contribution in [0.4, 0.5) is 26.3 Å². The number of rotatable bonds is 7. The molecule has 0 aliphatic carbocycles. The zero-order valence-corrected chi connectivity index (χ0v) is 14.2. The summed E-state index contributed by atoms with van der Waals surface area (Å²) in [6, 6.07) is 11.4. The molecule has 0 saturated carbocycles. The van der Waals surface area contributed by atoms with E-state index in [1.54, 1.807) is 30.3 Å². The molecular formula is C19H14F6O3. The molecule has 0 bridgehead atoms. The summed E-state index contributed by atoms with van der Waals surface area (Å²) >= 11 is 0. The number of allylic oxidation sites excluding steroid dienone is 1. The first-order valence-corrected chi connectivity index (χ1v) is 7.84. The second-order valence-electron chi connectivity index (χ2n) is 5.57. The van der Waals surface area contributed by atoms with Gasteiger partial charge in [0.25, 0.3) is 0 Å². The number of hydrogen-bond acceptors (Lipinski definition) is 3. The van der Waals surface area contributed by atoms with Crippen molar-refractivity contribution in [3.63, 3.8) is 0 Å². The average Bonchev–Trinajstić information content (AvgIpc) is 2.62. The Morgan fingerprint density at radius 3 is 2.07 bits per heavy atom. The maximum Gasteiger partial charge on any atom is 0.422 e. The third kappa shape index (κ3) is 7.34. The largest absolute Gasteiger partial charge is 0.484 e. The monoisotopic (exact) mass is 404 g/mol. The maximum atomic E-state index is 12.4. The van der Waals surface area contributed by atoms with Crippen molar-refractivity contribution in [1.29, 1.82) is 0 Å². The molecule has 2 aromatic carbocycles. The van der Waals surface area contributed by atoms with Crippen LogP contribution < -0.4 is 9.47 Å². The Morgan fingerprint density at radius 2 is 1.46 bits per heavy atom. The predicted molar refractivity (Wildman–Crippen MR) is 89.3 cm³/mol. The van der Waals surface area contributed by atoms with E-state index in [2.05, 4.69) is 9.47 Å². The van der Waals surface area contributed by atoms with Gasteiger partial charge in [0.05, 0.1) is 5.56 Å². The molecule has 0 unspecified atom stereocenters. The fourth-order valence-corrected chi connectivity index (χ4v) is 2.07. The summed E-state index contributed by atoms with van der Waals surface area (Å²) in [6.07, 6.45) is -6.76. The summed E-state index contributed by atoms with van der Waals surface area (Å²) < 4.78 is 83.2. The predicted octanol–water partition coefficient (Wildman–Crippen LogP) is 5.46. The highest BCUT2D eigenvalue weighted by atomic mass is 19.4. The van der Waals surface area contributed by atoms with Gasteiger partial charge < -0.3 is 9.47 Å². The number of benzene rings is 2. The summed E-state index contributed by atoms with van der Waals surface area (Å²) in [6.45, 7) is -3.26. The van der Waals surface area contributed by atoms with E-state index >= 15 is 0 Å². The molecule has 0 N–H and O–H groups in total. The zero-order chi connectivity index (χ0) is 20.8. The third-order valence-electron chi connectivity index (χ3n) is 3.24. The molecule has 150 valence electrons. The van der Waals surface area contributed by atoms with Gasteiger partial charge in [-0.05, 0) is 29.8 Å². The fraction of sp³-hybridized carbons (Fsp3) is 0.211. The van der Waals surface area contributed by atoms with Crippen molar-refractivity contribution in [2.24, 2.45) is 0 Å². The molecule has 28 heavy (non-hydrogen) atoms. The van der Waals surface area contributed by atoms with E-state index in [9.17, 15) is 31.1 Å². The summed E-state index contributed by atoms with van der Waals surface area (Å²) in [7, 11) is 0. The summed E-state index contributed by atoms with van der Waals surface area (Å²) in [4.78, 5) is 12.4. The van der Waals surface area contributed by atoms with Crippen molar-refractivity contribution in [2.75, 3.05) is 13.2 Å². The molecule has 2 aromatic rings. The third-order valence-corrected chi connectivity index (χ3v) is 3.24. The smallest absolute Gasteiger partial charge is 0.422 e. The minimum absolute atomic E-state index is 0.326. The van der Waals surface area contributed by atoms with Crippen LogP contribution in [-0.2, 0) is 0 Å². The zero-order valence-electron chi connectivity index (χ0n) is 14.2. The quantitative estimate of drug-likeness (QED) is 0.349. The molecule has 2 rings (SSSR count). The highest BCUT2D eigenvalue weighted by Gasteiger charge is 2.30. The molecule has 0 aliphatic rings. The van der Waals surface area contributed by atoms with Crippen LogP contribution in [0.3, 0.4) is 0 Å². The molecule has 3 nitrogen and oxygen atoms in total. The van der Waals surface area contributed by atoms with Crippen LogP contribution >= 0.6 is 0 Å². The lowest BCUT2D eigenvalue weighted by Crippen LogP contribution is -2.21. The van der Waals surface area contributed by atoms with Crippen LogP contribution in [0.1, 0.15) is 15.9 Å². The molecule has 9 heteroatoms. The Bertz CT molecular complexity index is 826. The summed E-state index contributed by atoms with van der Waals surface area (Å²) in [5, 5.41) is 0. The highest BCUT2D eigenvalue weighted by Crippen LogP contribution is 2.28. The van der Waals surface area contributed by atoms with Crippen molar-refractivity contribution in [2.45, 2.75) is 12.4 Å². The van der Waals surface area contributed by atoms with E-state index in [0.29, 0.717) is 5.56 Å². The maximum absolute atomic E-state index is 12.4. The topological polar surface area (TPSA) is 35.5 Å². The standard InChI is InChI=1S/C19H14F6O3/c20-18(21,22)11-27-14-7-9-17(28-12-19(23,24)25)15(10-14)16(26)8-6-13-4-2-1-3-5-13/h1-10H,11-12H2. The van der Waals surface area contributed by atoms with Gasteiger partial charge >= 0.3 is 12.4 Å². The number of halogens is 6. The Labute approximate surface area is 156 Å². The molecule has 0 atom stereocenters. The molecule has 0 radical (unpaired) electrons. The van der Waals surface area contributed by atoms with Gasteiger partial charge in [0.2, 0.25) is 0 Å². The Balaban J connectivity index is 2.27. The molecule has 0 spiro atoms. The highest BCUT2D eigenvalue weighted by molar-refractivity contribution is 6.08. The SMILES string of the molecule is O=C(C=Cc1ccccc1)c1cc(OCC(F)(F)F)ccc1OCC(F)(F)F. The van der Waals surface area contributed by atoms with E-state index in [4.69, 9.17) is 0 Å². The minimum Gasteiger partial charge on any atom is -0.484 e. The van der Waals surface area contributed by atoms with Gasteiger partial charge in [-0.25, -0.2) is 0 Å². The molecule has 0 aliphatic heterocycles. The van der Waals surface area contributed by atoms with Gasteiger partial charge in [-0.2, -0.15) is 26.3 Å². The van der Waals surface area contributed by atoms with Crippen molar-refractivity contribution < 1.29 is 40.6 Å². The van der Waals surface area contributed by atoms with Crippen LogP contribution in [0.5, 0.6) is 11.5 Å². The summed E-state index contributed by atoms with van der Waals surface area (Å²) in [5.41, 5.74) is 0.300. The van der Waals surface area contributed by atoms with E-state index in [0.717, 1.165) is 24.3 Å². The second-order valence-corrected chi connectivity index (χ2v) is 5.57. The molecule has 0 saturated heterocycles. The van der Waals surface area contributed by atoms with E-state index in [1.807, 2.05) is 0 Å². The minimum atomic E-state index is -4.65. The van der Waals surface area contributed by atoms with Gasteiger partial charge in [-0.1, -0.05) is 36.4 Å². The van der Waals surface area contributed by atoms with Crippen molar-refractivity contribution in [3.05, 3.63) is 65.7 Å². The van der Waals surface area contributed by atoms with Crippen LogP contribution in [0.2, 0.25) is 0 Å². The van der Waals surface area contributed by atoms with Crippen LogP contribution in [0, 0.1) is 0 Å². The Hall–Kier alpha value is -2.97. The Morgan fingerprint density at radius 1 is 0.857 bits per heavy atom. The Kier molecular flexibility index (Phi) is 6.71. The lowest BCUT2D eigenvalue weighted by Gasteiger charge is -2.14.